The maximum Gasteiger partial charge on any atom is 0.333 e. The van der Waals surface area contributed by atoms with Crippen molar-refractivity contribution in [2.24, 2.45) is 5.92 Å². The van der Waals surface area contributed by atoms with Crippen LogP contribution >= 0.6 is 0 Å². The van der Waals surface area contributed by atoms with Crippen molar-refractivity contribution in [1.82, 2.24) is 0 Å². The number of esters is 1. The molecule has 1 fully saturated rings. The number of ether oxygens (including phenoxy) is 2. The van der Waals surface area contributed by atoms with Crippen molar-refractivity contribution < 1.29 is 28.7 Å². The topological polar surface area (TPSA) is 86.7 Å². The first-order chi connectivity index (χ1) is 12.1. The molecule has 0 unspecified atom stereocenters. The number of rotatable bonds is 2. The van der Waals surface area contributed by atoms with Crippen LogP contribution < -0.4 is 0 Å². The third-order valence-corrected chi connectivity index (χ3v) is 4.97. The van der Waals surface area contributed by atoms with Crippen LogP contribution in [0.5, 0.6) is 0 Å². The SMILES string of the molecule is C=C(C)[C@H]1CC=C(C(=O)OC)CC(=O)C[C@@]2(C)CC(=O)[C@@H](CC(=O)C1)O2. The fraction of sp³-hybridized carbons (Fsp3) is 0.600. The van der Waals surface area contributed by atoms with E-state index in [-0.39, 0.29) is 60.9 Å². The van der Waals surface area contributed by atoms with Crippen LogP contribution in [0.25, 0.3) is 0 Å². The third-order valence-electron chi connectivity index (χ3n) is 4.97. The second kappa shape index (κ2) is 8.08. The highest BCUT2D eigenvalue weighted by Crippen LogP contribution is 2.34. The van der Waals surface area contributed by atoms with Gasteiger partial charge >= 0.3 is 5.97 Å². The van der Waals surface area contributed by atoms with E-state index in [0.717, 1.165) is 5.57 Å². The molecule has 0 aliphatic carbocycles. The molecule has 0 spiro atoms. The highest BCUT2D eigenvalue weighted by molar-refractivity contribution is 5.97. The van der Waals surface area contributed by atoms with Gasteiger partial charge in [0, 0.05) is 37.7 Å². The first kappa shape index (κ1) is 20.2. The highest BCUT2D eigenvalue weighted by Gasteiger charge is 2.44. The number of ketones is 3. The third kappa shape index (κ3) is 4.97. The van der Waals surface area contributed by atoms with Gasteiger partial charge in [-0.25, -0.2) is 4.79 Å². The Balaban J connectivity index is 2.34. The highest BCUT2D eigenvalue weighted by atomic mass is 16.5. The molecule has 0 N–H and O–H groups in total. The summed E-state index contributed by atoms with van der Waals surface area (Å²) in [6, 6.07) is 0. The van der Waals surface area contributed by atoms with Crippen molar-refractivity contribution in [2.75, 3.05) is 7.11 Å². The summed E-state index contributed by atoms with van der Waals surface area (Å²) in [5, 5.41) is 0. The summed E-state index contributed by atoms with van der Waals surface area (Å²) < 4.78 is 10.6. The molecule has 6 heteroatoms. The van der Waals surface area contributed by atoms with Crippen molar-refractivity contribution in [3.8, 4) is 0 Å². The zero-order chi connectivity index (χ0) is 19.5. The predicted octanol–water partition coefficient (Wildman–Crippen LogP) is 2.50. The minimum atomic E-state index is -0.928. The van der Waals surface area contributed by atoms with E-state index in [0.29, 0.717) is 6.42 Å². The van der Waals surface area contributed by atoms with Gasteiger partial charge in [0.25, 0.3) is 0 Å². The van der Waals surface area contributed by atoms with Crippen LogP contribution in [0, 0.1) is 5.92 Å². The number of carbonyl (C=O) groups excluding carboxylic acids is 4. The molecule has 2 bridgehead atoms. The zero-order valence-electron chi connectivity index (χ0n) is 15.6. The second-order valence-corrected chi connectivity index (χ2v) is 7.54. The van der Waals surface area contributed by atoms with E-state index in [1.807, 2.05) is 6.92 Å². The minimum Gasteiger partial charge on any atom is -0.466 e. The first-order valence-corrected chi connectivity index (χ1v) is 8.80. The Morgan fingerprint density at radius 2 is 1.92 bits per heavy atom. The molecule has 3 atom stereocenters. The van der Waals surface area contributed by atoms with Crippen molar-refractivity contribution in [2.45, 2.75) is 64.1 Å². The van der Waals surface area contributed by atoms with Gasteiger partial charge in [-0.2, -0.15) is 0 Å². The van der Waals surface area contributed by atoms with Gasteiger partial charge in [0.15, 0.2) is 5.78 Å². The molecule has 0 amide bonds. The van der Waals surface area contributed by atoms with Crippen LogP contribution in [0.3, 0.4) is 0 Å². The molecule has 0 aromatic carbocycles. The van der Waals surface area contributed by atoms with Crippen LogP contribution in [-0.4, -0.2) is 42.1 Å². The lowest BCUT2D eigenvalue weighted by molar-refractivity contribution is -0.138. The molecule has 6 nitrogen and oxygen atoms in total. The number of allylic oxidation sites excluding steroid dienone is 2. The average Bonchev–Trinajstić information content (AvgIpc) is 2.81. The van der Waals surface area contributed by atoms with Gasteiger partial charge < -0.3 is 9.47 Å². The summed E-state index contributed by atoms with van der Waals surface area (Å²) in [5.74, 6) is -1.16. The summed E-state index contributed by atoms with van der Waals surface area (Å²) in [6.07, 6.45) is 1.55. The van der Waals surface area contributed by atoms with Crippen LogP contribution in [0.2, 0.25) is 0 Å². The quantitative estimate of drug-likeness (QED) is 0.554. The Hall–Kier alpha value is -2.08. The Kier molecular flexibility index (Phi) is 6.29. The van der Waals surface area contributed by atoms with Gasteiger partial charge in [-0.3, -0.25) is 14.4 Å². The molecule has 0 saturated carbocycles. The molecular weight excluding hydrogens is 336 g/mol. The Labute approximate surface area is 153 Å². The molecule has 0 aromatic rings. The fourth-order valence-electron chi connectivity index (χ4n) is 3.55. The maximum atomic E-state index is 12.5. The predicted molar refractivity (Wildman–Crippen MR) is 94.4 cm³/mol. The number of methoxy groups -OCH3 is 1. The molecule has 2 heterocycles. The summed E-state index contributed by atoms with van der Waals surface area (Å²) >= 11 is 0. The van der Waals surface area contributed by atoms with E-state index in [1.165, 1.54) is 7.11 Å². The molecule has 2 aliphatic heterocycles. The van der Waals surface area contributed by atoms with Crippen LogP contribution in [-0.2, 0) is 28.7 Å². The molecule has 2 rings (SSSR count). The Morgan fingerprint density at radius 1 is 1.23 bits per heavy atom. The molecule has 26 heavy (non-hydrogen) atoms. The van der Waals surface area contributed by atoms with Gasteiger partial charge in [0.1, 0.15) is 17.7 Å². The second-order valence-electron chi connectivity index (χ2n) is 7.54. The Morgan fingerprint density at radius 3 is 2.54 bits per heavy atom. The van der Waals surface area contributed by atoms with Crippen molar-refractivity contribution in [3.63, 3.8) is 0 Å². The summed E-state index contributed by atoms with van der Waals surface area (Å²) in [6.45, 7) is 7.44. The summed E-state index contributed by atoms with van der Waals surface area (Å²) in [5.41, 5.74) is 0.144. The number of hydrogen-bond donors (Lipinski definition) is 0. The maximum absolute atomic E-state index is 12.5. The number of carbonyl (C=O) groups is 4. The van der Waals surface area contributed by atoms with E-state index in [2.05, 4.69) is 6.58 Å². The van der Waals surface area contributed by atoms with Crippen LogP contribution in [0.15, 0.2) is 23.8 Å². The normalized spacial score (nSPS) is 30.7. The lowest BCUT2D eigenvalue weighted by Crippen LogP contribution is -2.29. The minimum absolute atomic E-state index is 0.0139. The van der Waals surface area contributed by atoms with E-state index in [4.69, 9.17) is 9.47 Å². The van der Waals surface area contributed by atoms with Crippen molar-refractivity contribution in [3.05, 3.63) is 23.8 Å². The van der Waals surface area contributed by atoms with Gasteiger partial charge in [-0.1, -0.05) is 18.2 Å². The van der Waals surface area contributed by atoms with Gasteiger partial charge in [0.2, 0.25) is 0 Å². The molecule has 0 aromatic heterocycles. The molecule has 2 aliphatic rings. The zero-order valence-corrected chi connectivity index (χ0v) is 15.6. The number of hydrogen-bond acceptors (Lipinski definition) is 6. The van der Waals surface area contributed by atoms with E-state index < -0.39 is 17.7 Å². The molecule has 142 valence electrons. The van der Waals surface area contributed by atoms with Crippen LogP contribution in [0.1, 0.15) is 52.4 Å². The van der Waals surface area contributed by atoms with Crippen molar-refractivity contribution in [1.29, 1.82) is 0 Å². The number of fused-ring (bicyclic) bond motifs is 2. The average molecular weight is 362 g/mol. The monoisotopic (exact) mass is 362 g/mol. The largest absolute Gasteiger partial charge is 0.466 e. The molecule has 1 saturated heterocycles. The fourth-order valence-corrected chi connectivity index (χ4v) is 3.55. The smallest absolute Gasteiger partial charge is 0.333 e. The summed E-state index contributed by atoms with van der Waals surface area (Å²) in [7, 11) is 1.26. The van der Waals surface area contributed by atoms with Gasteiger partial charge in [0.05, 0.1) is 12.7 Å². The van der Waals surface area contributed by atoms with E-state index in [9.17, 15) is 19.2 Å². The van der Waals surface area contributed by atoms with Crippen LogP contribution in [0.4, 0.5) is 0 Å². The van der Waals surface area contributed by atoms with Gasteiger partial charge in [-0.15, -0.1) is 0 Å². The van der Waals surface area contributed by atoms with Crippen molar-refractivity contribution >= 4 is 23.3 Å². The van der Waals surface area contributed by atoms with E-state index in [1.54, 1.807) is 13.0 Å². The summed E-state index contributed by atoms with van der Waals surface area (Å²) in [4.78, 5) is 49.1. The molecule has 0 radical (unpaired) electrons. The first-order valence-electron chi connectivity index (χ1n) is 8.80. The van der Waals surface area contributed by atoms with Gasteiger partial charge in [-0.05, 0) is 26.2 Å². The number of Topliss-reactive ketones (excluding diaryl/α,β-unsaturated/α-hetero) is 3. The Bertz CT molecular complexity index is 674. The standard InChI is InChI=1S/C20H26O6/c1-12(2)13-5-6-14(19(24)25-4)8-16(22)10-20(3)11-17(23)18(26-20)9-15(21)7-13/h6,13,18H,1,5,7-11H2,2-4H3/t13-,18+,20-/m0/s1. The molecular formula is C20H26O6. The van der Waals surface area contributed by atoms with E-state index >= 15 is 0 Å². The lowest BCUT2D eigenvalue weighted by Gasteiger charge is -2.23. The lowest BCUT2D eigenvalue weighted by atomic mass is 9.87.